The SMILES string of the molecule is CCOc1nn(CC)cc1-c1nnc(SCC(=O)NCc2ccccc2)n1CC. The molecule has 8 nitrogen and oxygen atoms in total. The van der Waals surface area contributed by atoms with Crippen molar-refractivity contribution in [3.63, 3.8) is 0 Å². The first-order chi connectivity index (χ1) is 14.2. The number of hydrogen-bond acceptors (Lipinski definition) is 6. The molecule has 0 fully saturated rings. The first kappa shape index (κ1) is 20.9. The van der Waals surface area contributed by atoms with Crippen molar-refractivity contribution in [1.82, 2.24) is 29.9 Å². The van der Waals surface area contributed by atoms with Crippen molar-refractivity contribution in [2.75, 3.05) is 12.4 Å². The van der Waals surface area contributed by atoms with E-state index in [1.807, 2.05) is 66.5 Å². The molecule has 154 valence electrons. The van der Waals surface area contributed by atoms with Crippen molar-refractivity contribution in [1.29, 1.82) is 0 Å². The van der Waals surface area contributed by atoms with Gasteiger partial charge in [0.1, 0.15) is 5.56 Å². The van der Waals surface area contributed by atoms with Gasteiger partial charge in [-0.05, 0) is 26.3 Å². The van der Waals surface area contributed by atoms with E-state index >= 15 is 0 Å². The molecule has 2 aromatic heterocycles. The summed E-state index contributed by atoms with van der Waals surface area (Å²) >= 11 is 1.37. The maximum Gasteiger partial charge on any atom is 0.243 e. The van der Waals surface area contributed by atoms with Gasteiger partial charge in [-0.15, -0.1) is 15.3 Å². The van der Waals surface area contributed by atoms with E-state index in [0.29, 0.717) is 36.6 Å². The summed E-state index contributed by atoms with van der Waals surface area (Å²) in [6.45, 7) is 8.43. The lowest BCUT2D eigenvalue weighted by Crippen LogP contribution is -2.24. The standard InChI is InChI=1S/C20H26N6O2S/c1-4-25-13-16(19(24-25)28-6-3)18-22-23-20(26(18)5-2)29-14-17(27)21-12-15-10-8-7-9-11-15/h7-11,13H,4-6,12,14H2,1-3H3,(H,21,27). The van der Waals surface area contributed by atoms with Crippen molar-refractivity contribution >= 4 is 17.7 Å². The van der Waals surface area contributed by atoms with Crippen LogP contribution in [-0.4, -0.2) is 42.8 Å². The minimum Gasteiger partial charge on any atom is -0.476 e. The Morgan fingerprint density at radius 2 is 1.93 bits per heavy atom. The van der Waals surface area contributed by atoms with Gasteiger partial charge in [-0.2, -0.15) is 0 Å². The van der Waals surface area contributed by atoms with Crippen molar-refractivity contribution in [3.05, 3.63) is 42.1 Å². The molecule has 0 unspecified atom stereocenters. The normalized spacial score (nSPS) is 10.9. The van der Waals surface area contributed by atoms with Gasteiger partial charge in [0, 0.05) is 25.8 Å². The number of carbonyl (C=O) groups excluding carboxylic acids is 1. The molecule has 29 heavy (non-hydrogen) atoms. The number of ether oxygens (including phenoxy) is 1. The predicted octanol–water partition coefficient (Wildman–Crippen LogP) is 2.99. The molecule has 0 aliphatic carbocycles. The van der Waals surface area contributed by atoms with E-state index in [1.54, 1.807) is 0 Å². The van der Waals surface area contributed by atoms with Crippen LogP contribution in [0.1, 0.15) is 26.3 Å². The number of benzene rings is 1. The molecule has 3 rings (SSSR count). The number of nitrogens with zero attached hydrogens (tertiary/aromatic N) is 5. The fourth-order valence-corrected chi connectivity index (χ4v) is 3.65. The third-order valence-electron chi connectivity index (χ3n) is 4.27. The second-order valence-corrected chi connectivity index (χ2v) is 7.18. The molecule has 3 aromatic rings. The van der Waals surface area contributed by atoms with Gasteiger partial charge in [0.05, 0.1) is 12.4 Å². The van der Waals surface area contributed by atoms with Gasteiger partial charge >= 0.3 is 0 Å². The third kappa shape index (κ3) is 5.17. The second kappa shape index (κ2) is 10.1. The third-order valence-corrected chi connectivity index (χ3v) is 5.24. The number of carbonyl (C=O) groups is 1. The van der Waals surface area contributed by atoms with Crippen LogP contribution in [0.25, 0.3) is 11.4 Å². The van der Waals surface area contributed by atoms with E-state index in [0.717, 1.165) is 17.7 Å². The molecule has 0 saturated heterocycles. The van der Waals surface area contributed by atoms with Crippen molar-refractivity contribution < 1.29 is 9.53 Å². The maximum absolute atomic E-state index is 12.2. The Bertz CT molecular complexity index is 938. The summed E-state index contributed by atoms with van der Waals surface area (Å²) in [5.41, 5.74) is 1.88. The molecule has 0 bridgehead atoms. The zero-order valence-electron chi connectivity index (χ0n) is 17.0. The van der Waals surface area contributed by atoms with Gasteiger partial charge in [0.15, 0.2) is 11.0 Å². The molecule has 0 aliphatic heterocycles. The summed E-state index contributed by atoms with van der Waals surface area (Å²) < 4.78 is 9.47. The van der Waals surface area contributed by atoms with Gasteiger partial charge in [-0.3, -0.25) is 9.48 Å². The van der Waals surface area contributed by atoms with Crippen LogP contribution in [0.5, 0.6) is 5.88 Å². The monoisotopic (exact) mass is 414 g/mol. The first-order valence-corrected chi connectivity index (χ1v) is 10.7. The van der Waals surface area contributed by atoms with Crippen LogP contribution in [0.4, 0.5) is 0 Å². The van der Waals surface area contributed by atoms with Crippen LogP contribution < -0.4 is 10.1 Å². The maximum atomic E-state index is 12.2. The Kier molecular flexibility index (Phi) is 7.29. The quantitative estimate of drug-likeness (QED) is 0.513. The number of aromatic nitrogens is 5. The van der Waals surface area contributed by atoms with E-state index in [9.17, 15) is 4.79 Å². The van der Waals surface area contributed by atoms with Gasteiger partial charge < -0.3 is 14.6 Å². The Balaban J connectivity index is 1.68. The number of thioether (sulfide) groups is 1. The van der Waals surface area contributed by atoms with Gasteiger partial charge in [0.2, 0.25) is 11.8 Å². The average Bonchev–Trinajstić information content (AvgIpc) is 3.34. The molecule has 0 saturated carbocycles. The fraction of sp³-hybridized carbons (Fsp3) is 0.400. The highest BCUT2D eigenvalue weighted by molar-refractivity contribution is 7.99. The van der Waals surface area contributed by atoms with Crippen molar-refractivity contribution in [2.24, 2.45) is 0 Å². The van der Waals surface area contributed by atoms with Gasteiger partial charge in [-0.25, -0.2) is 0 Å². The summed E-state index contributed by atoms with van der Waals surface area (Å²) in [6.07, 6.45) is 1.92. The molecule has 0 radical (unpaired) electrons. The second-order valence-electron chi connectivity index (χ2n) is 6.24. The van der Waals surface area contributed by atoms with Gasteiger partial charge in [0.25, 0.3) is 0 Å². The topological polar surface area (TPSA) is 86.9 Å². The summed E-state index contributed by atoms with van der Waals surface area (Å²) in [5, 5.41) is 16.7. The molecule has 1 amide bonds. The van der Waals surface area contributed by atoms with Crippen molar-refractivity contribution in [3.8, 4) is 17.3 Å². The molecule has 1 N–H and O–H groups in total. The minimum absolute atomic E-state index is 0.0418. The Hall–Kier alpha value is -2.81. The highest BCUT2D eigenvalue weighted by Crippen LogP contribution is 2.30. The van der Waals surface area contributed by atoms with Crippen molar-refractivity contribution in [2.45, 2.75) is 45.6 Å². The summed E-state index contributed by atoms with van der Waals surface area (Å²) in [7, 11) is 0. The van der Waals surface area contributed by atoms with Crippen LogP contribution >= 0.6 is 11.8 Å². The Morgan fingerprint density at radius 3 is 2.62 bits per heavy atom. The lowest BCUT2D eigenvalue weighted by Gasteiger charge is -2.08. The summed E-state index contributed by atoms with van der Waals surface area (Å²) in [4.78, 5) is 12.2. The first-order valence-electron chi connectivity index (χ1n) is 9.73. The lowest BCUT2D eigenvalue weighted by atomic mass is 10.2. The number of amides is 1. The van der Waals surface area contributed by atoms with Gasteiger partial charge in [-0.1, -0.05) is 42.1 Å². The largest absolute Gasteiger partial charge is 0.476 e. The molecule has 9 heteroatoms. The smallest absolute Gasteiger partial charge is 0.243 e. The highest BCUT2D eigenvalue weighted by Gasteiger charge is 2.20. The zero-order chi connectivity index (χ0) is 20.6. The van der Waals surface area contributed by atoms with Crippen LogP contribution in [0.3, 0.4) is 0 Å². The molecule has 2 heterocycles. The van der Waals surface area contributed by atoms with E-state index in [1.165, 1.54) is 11.8 Å². The molecule has 0 spiro atoms. The number of nitrogens with one attached hydrogen (secondary N) is 1. The van der Waals surface area contributed by atoms with Crippen LogP contribution in [-0.2, 0) is 24.4 Å². The number of rotatable bonds is 10. The number of hydrogen-bond donors (Lipinski definition) is 1. The van der Waals surface area contributed by atoms with E-state index in [-0.39, 0.29) is 11.7 Å². The number of aryl methyl sites for hydroxylation is 1. The Morgan fingerprint density at radius 1 is 1.14 bits per heavy atom. The van der Waals surface area contributed by atoms with Crippen LogP contribution in [0, 0.1) is 0 Å². The minimum atomic E-state index is -0.0418. The van der Waals surface area contributed by atoms with Crippen LogP contribution in [0.15, 0.2) is 41.7 Å². The van der Waals surface area contributed by atoms with E-state index < -0.39 is 0 Å². The Labute approximate surface area is 174 Å². The molecule has 0 atom stereocenters. The molecular formula is C20H26N6O2S. The lowest BCUT2D eigenvalue weighted by molar-refractivity contribution is -0.118. The zero-order valence-corrected chi connectivity index (χ0v) is 17.8. The average molecular weight is 415 g/mol. The van der Waals surface area contributed by atoms with E-state index in [4.69, 9.17) is 4.74 Å². The summed E-state index contributed by atoms with van der Waals surface area (Å²) in [6, 6.07) is 9.84. The molecule has 0 aliphatic rings. The summed E-state index contributed by atoms with van der Waals surface area (Å²) in [5.74, 6) is 1.48. The predicted molar refractivity (Wildman–Crippen MR) is 113 cm³/mol. The van der Waals surface area contributed by atoms with E-state index in [2.05, 4.69) is 20.6 Å². The van der Waals surface area contributed by atoms with Crippen LogP contribution in [0.2, 0.25) is 0 Å². The molecule has 1 aromatic carbocycles. The molecular weight excluding hydrogens is 388 g/mol. The highest BCUT2D eigenvalue weighted by atomic mass is 32.2. The fourth-order valence-electron chi connectivity index (χ4n) is 2.82.